The number of hydrogen-bond donors (Lipinski definition) is 1. The van der Waals surface area contributed by atoms with Crippen LogP contribution in [0.15, 0.2) is 78.2 Å². The second-order valence-corrected chi connectivity index (χ2v) is 5.86. The van der Waals surface area contributed by atoms with Crippen LogP contribution >= 0.6 is 11.6 Å². The fraction of sp³-hybridized carbons (Fsp3) is 0.0500. The third-order valence-electron chi connectivity index (χ3n) is 3.52. The van der Waals surface area contributed by atoms with Crippen molar-refractivity contribution in [2.24, 2.45) is 5.10 Å². The molecule has 0 fully saturated rings. The Morgan fingerprint density at radius 2 is 1.73 bits per heavy atom. The van der Waals surface area contributed by atoms with Gasteiger partial charge in [0.05, 0.1) is 6.21 Å². The lowest BCUT2D eigenvalue weighted by atomic mass is 10.2. The van der Waals surface area contributed by atoms with Crippen molar-refractivity contribution in [3.63, 3.8) is 0 Å². The normalized spacial score (nSPS) is 10.7. The van der Waals surface area contributed by atoms with Crippen molar-refractivity contribution in [3.8, 4) is 5.75 Å². The number of rotatable bonds is 6. The summed E-state index contributed by atoms with van der Waals surface area (Å²) in [6.07, 6.45) is 4.88. The van der Waals surface area contributed by atoms with Gasteiger partial charge in [0.25, 0.3) is 5.91 Å². The molecule has 130 valence electrons. The molecule has 1 aromatic heterocycles. The maximum atomic E-state index is 12.1. The largest absolute Gasteiger partial charge is 0.489 e. The number of hydrogen-bond acceptors (Lipinski definition) is 4. The van der Waals surface area contributed by atoms with Crippen LogP contribution in [-0.4, -0.2) is 17.1 Å². The molecule has 2 aromatic carbocycles. The molecule has 1 heterocycles. The molecular weight excluding hydrogens is 350 g/mol. The maximum Gasteiger partial charge on any atom is 0.271 e. The van der Waals surface area contributed by atoms with E-state index in [2.05, 4.69) is 15.5 Å². The number of nitrogens with one attached hydrogen (secondary N) is 1. The number of ether oxygens (including phenoxy) is 1. The SMILES string of the molecule is O=C(N/N=C/c1ccncc1)c1ccc(OCc2ccc(Cl)cc2)cc1. The van der Waals surface area contributed by atoms with E-state index in [0.29, 0.717) is 22.9 Å². The van der Waals surface area contributed by atoms with Gasteiger partial charge in [-0.1, -0.05) is 23.7 Å². The molecule has 1 amide bonds. The van der Waals surface area contributed by atoms with Crippen molar-refractivity contribution >= 4 is 23.7 Å². The van der Waals surface area contributed by atoms with Crippen LogP contribution in [-0.2, 0) is 6.61 Å². The first-order valence-electron chi connectivity index (χ1n) is 7.91. The number of carbonyl (C=O) groups is 1. The summed E-state index contributed by atoms with van der Waals surface area (Å²) in [6.45, 7) is 0.430. The number of benzene rings is 2. The molecule has 0 unspecified atom stereocenters. The lowest BCUT2D eigenvalue weighted by Crippen LogP contribution is -2.17. The fourth-order valence-electron chi connectivity index (χ4n) is 2.13. The Hall–Kier alpha value is -3.18. The van der Waals surface area contributed by atoms with Crippen molar-refractivity contribution in [2.45, 2.75) is 6.61 Å². The lowest BCUT2D eigenvalue weighted by Gasteiger charge is -2.07. The third kappa shape index (κ3) is 5.16. The Balaban J connectivity index is 1.52. The van der Waals surface area contributed by atoms with Crippen LogP contribution in [0.25, 0.3) is 0 Å². The molecule has 0 atom stereocenters. The monoisotopic (exact) mass is 365 g/mol. The van der Waals surface area contributed by atoms with E-state index in [-0.39, 0.29) is 5.91 Å². The first-order chi connectivity index (χ1) is 12.7. The smallest absolute Gasteiger partial charge is 0.271 e. The van der Waals surface area contributed by atoms with E-state index in [1.807, 2.05) is 24.3 Å². The number of hydrazone groups is 1. The van der Waals surface area contributed by atoms with E-state index in [1.165, 1.54) is 0 Å². The minimum atomic E-state index is -0.292. The molecule has 0 aliphatic heterocycles. The first-order valence-corrected chi connectivity index (χ1v) is 8.29. The molecule has 6 heteroatoms. The van der Waals surface area contributed by atoms with Gasteiger partial charge in [-0.3, -0.25) is 9.78 Å². The fourth-order valence-corrected chi connectivity index (χ4v) is 2.26. The number of aromatic nitrogens is 1. The summed E-state index contributed by atoms with van der Waals surface area (Å²) < 4.78 is 5.70. The van der Waals surface area contributed by atoms with Crippen LogP contribution in [0.3, 0.4) is 0 Å². The summed E-state index contributed by atoms with van der Waals surface area (Å²) in [4.78, 5) is 16.0. The van der Waals surface area contributed by atoms with Crippen LogP contribution in [0.4, 0.5) is 0 Å². The van der Waals surface area contributed by atoms with Gasteiger partial charge in [-0.2, -0.15) is 5.10 Å². The lowest BCUT2D eigenvalue weighted by molar-refractivity contribution is 0.0955. The average Bonchev–Trinajstić information content (AvgIpc) is 2.69. The van der Waals surface area contributed by atoms with Crippen molar-refractivity contribution in [1.29, 1.82) is 0 Å². The van der Waals surface area contributed by atoms with Gasteiger partial charge in [-0.05, 0) is 59.7 Å². The molecule has 0 bridgehead atoms. The van der Waals surface area contributed by atoms with E-state index < -0.39 is 0 Å². The Bertz CT molecular complexity index is 879. The van der Waals surface area contributed by atoms with Crippen LogP contribution in [0.5, 0.6) is 5.75 Å². The zero-order chi connectivity index (χ0) is 18.2. The molecule has 0 radical (unpaired) electrons. The van der Waals surface area contributed by atoms with Gasteiger partial charge in [-0.15, -0.1) is 0 Å². The van der Waals surface area contributed by atoms with E-state index in [1.54, 1.807) is 55.0 Å². The summed E-state index contributed by atoms with van der Waals surface area (Å²) in [6, 6.07) is 17.9. The number of nitrogens with zero attached hydrogens (tertiary/aromatic N) is 2. The zero-order valence-corrected chi connectivity index (χ0v) is 14.6. The van der Waals surface area contributed by atoms with Gasteiger partial charge in [0, 0.05) is 23.0 Å². The van der Waals surface area contributed by atoms with Crippen LogP contribution in [0.2, 0.25) is 5.02 Å². The minimum absolute atomic E-state index is 0.292. The van der Waals surface area contributed by atoms with E-state index in [4.69, 9.17) is 16.3 Å². The summed E-state index contributed by atoms with van der Waals surface area (Å²) >= 11 is 5.86. The predicted molar refractivity (Wildman–Crippen MR) is 102 cm³/mol. The highest BCUT2D eigenvalue weighted by atomic mass is 35.5. The summed E-state index contributed by atoms with van der Waals surface area (Å²) in [7, 11) is 0. The molecular formula is C20H16ClN3O2. The number of pyridine rings is 1. The highest BCUT2D eigenvalue weighted by Crippen LogP contribution is 2.15. The highest BCUT2D eigenvalue weighted by Gasteiger charge is 2.04. The summed E-state index contributed by atoms with van der Waals surface area (Å²) in [5.41, 5.74) is 4.85. The second kappa shape index (κ2) is 8.78. The van der Waals surface area contributed by atoms with Gasteiger partial charge in [0.15, 0.2) is 0 Å². The minimum Gasteiger partial charge on any atom is -0.489 e. The van der Waals surface area contributed by atoms with E-state index >= 15 is 0 Å². The summed E-state index contributed by atoms with van der Waals surface area (Å²) in [5, 5.41) is 4.62. The van der Waals surface area contributed by atoms with Crippen molar-refractivity contribution < 1.29 is 9.53 Å². The van der Waals surface area contributed by atoms with Crippen LogP contribution in [0, 0.1) is 0 Å². The molecule has 0 saturated heterocycles. The second-order valence-electron chi connectivity index (χ2n) is 5.42. The van der Waals surface area contributed by atoms with E-state index in [9.17, 15) is 4.79 Å². The molecule has 1 N–H and O–H groups in total. The molecule has 0 saturated carbocycles. The first kappa shape index (κ1) is 17.6. The van der Waals surface area contributed by atoms with E-state index in [0.717, 1.165) is 11.1 Å². The highest BCUT2D eigenvalue weighted by molar-refractivity contribution is 6.30. The van der Waals surface area contributed by atoms with Gasteiger partial charge < -0.3 is 4.74 Å². The van der Waals surface area contributed by atoms with Gasteiger partial charge >= 0.3 is 0 Å². The zero-order valence-electron chi connectivity index (χ0n) is 13.8. The van der Waals surface area contributed by atoms with Crippen molar-refractivity contribution in [1.82, 2.24) is 10.4 Å². The summed E-state index contributed by atoms with van der Waals surface area (Å²) in [5.74, 6) is 0.386. The van der Waals surface area contributed by atoms with Crippen molar-refractivity contribution in [2.75, 3.05) is 0 Å². The van der Waals surface area contributed by atoms with Crippen molar-refractivity contribution in [3.05, 3.63) is 94.8 Å². The Morgan fingerprint density at radius 3 is 2.42 bits per heavy atom. The molecule has 3 rings (SSSR count). The Morgan fingerprint density at radius 1 is 1.04 bits per heavy atom. The standard InChI is InChI=1S/C20H16ClN3O2/c21-18-5-1-16(2-6-18)14-26-19-7-3-17(4-8-19)20(25)24-23-13-15-9-11-22-12-10-15/h1-13H,14H2,(H,24,25)/b23-13+. The van der Waals surface area contributed by atoms with Crippen LogP contribution < -0.4 is 10.2 Å². The van der Waals surface area contributed by atoms with Gasteiger partial charge in [0.1, 0.15) is 12.4 Å². The number of halogens is 1. The molecule has 26 heavy (non-hydrogen) atoms. The molecule has 3 aromatic rings. The Labute approximate surface area is 156 Å². The average molecular weight is 366 g/mol. The third-order valence-corrected chi connectivity index (χ3v) is 3.77. The molecule has 0 spiro atoms. The molecule has 0 aliphatic rings. The van der Waals surface area contributed by atoms with Crippen LogP contribution in [0.1, 0.15) is 21.5 Å². The van der Waals surface area contributed by atoms with Gasteiger partial charge in [0.2, 0.25) is 0 Å². The number of carbonyl (C=O) groups excluding carboxylic acids is 1. The quantitative estimate of drug-likeness (QED) is 0.529. The topological polar surface area (TPSA) is 63.6 Å². The number of amides is 1. The molecule has 0 aliphatic carbocycles. The Kier molecular flexibility index (Phi) is 5.96. The maximum absolute atomic E-state index is 12.1. The predicted octanol–water partition coefficient (Wildman–Crippen LogP) is 4.08. The van der Waals surface area contributed by atoms with Gasteiger partial charge in [-0.25, -0.2) is 5.43 Å². The molecule has 5 nitrogen and oxygen atoms in total.